The number of carbonyl (C=O) groups excluding carboxylic acids is 2. The highest BCUT2D eigenvalue weighted by Crippen LogP contribution is 2.29. The number of benzene rings is 2. The lowest BCUT2D eigenvalue weighted by atomic mass is 10.0. The van der Waals surface area contributed by atoms with E-state index >= 15 is 0 Å². The summed E-state index contributed by atoms with van der Waals surface area (Å²) in [6.45, 7) is 2.50. The minimum absolute atomic E-state index is 0.172. The SMILES string of the molecule is CCOC(=O)c1nn(-c2ccccc2)c2c1CCN(c1ccccc1)C2=O. The largest absolute Gasteiger partial charge is 0.461 e. The third kappa shape index (κ3) is 2.99. The first-order valence-electron chi connectivity index (χ1n) is 8.92. The molecule has 0 N–H and O–H groups in total. The minimum atomic E-state index is -0.496. The average molecular weight is 361 g/mol. The number of para-hydroxylation sites is 2. The van der Waals surface area contributed by atoms with E-state index < -0.39 is 5.97 Å². The van der Waals surface area contributed by atoms with Gasteiger partial charge in [0.2, 0.25) is 0 Å². The van der Waals surface area contributed by atoms with Crippen molar-refractivity contribution in [3.63, 3.8) is 0 Å². The van der Waals surface area contributed by atoms with Crippen molar-refractivity contribution in [1.82, 2.24) is 9.78 Å². The summed E-state index contributed by atoms with van der Waals surface area (Å²) in [5.74, 6) is -0.668. The summed E-state index contributed by atoms with van der Waals surface area (Å²) in [7, 11) is 0. The van der Waals surface area contributed by atoms with Crippen molar-refractivity contribution in [3.05, 3.63) is 77.6 Å². The van der Waals surface area contributed by atoms with Crippen LogP contribution in [-0.2, 0) is 11.2 Å². The number of aromatic nitrogens is 2. The van der Waals surface area contributed by atoms with Gasteiger partial charge >= 0.3 is 5.97 Å². The molecular weight excluding hydrogens is 342 g/mol. The summed E-state index contributed by atoms with van der Waals surface area (Å²) >= 11 is 0. The zero-order chi connectivity index (χ0) is 18.8. The van der Waals surface area contributed by atoms with E-state index in [9.17, 15) is 9.59 Å². The van der Waals surface area contributed by atoms with Gasteiger partial charge in [-0.15, -0.1) is 0 Å². The smallest absolute Gasteiger partial charge is 0.359 e. The first-order valence-corrected chi connectivity index (χ1v) is 8.92. The van der Waals surface area contributed by atoms with Crippen LogP contribution in [0.1, 0.15) is 33.5 Å². The lowest BCUT2D eigenvalue weighted by molar-refractivity contribution is 0.0517. The van der Waals surface area contributed by atoms with Gasteiger partial charge in [0.1, 0.15) is 5.69 Å². The maximum atomic E-state index is 13.3. The van der Waals surface area contributed by atoms with Gasteiger partial charge in [0.15, 0.2) is 5.69 Å². The summed E-state index contributed by atoms with van der Waals surface area (Å²) in [5.41, 5.74) is 2.84. The highest BCUT2D eigenvalue weighted by molar-refractivity contribution is 6.09. The Kier molecular flexibility index (Phi) is 4.46. The number of hydrogen-bond donors (Lipinski definition) is 0. The van der Waals surface area contributed by atoms with Crippen molar-refractivity contribution in [2.75, 3.05) is 18.1 Å². The van der Waals surface area contributed by atoms with Gasteiger partial charge in [-0.2, -0.15) is 5.10 Å². The number of ether oxygens (including phenoxy) is 1. The number of carbonyl (C=O) groups is 2. The van der Waals surface area contributed by atoms with Gasteiger partial charge < -0.3 is 9.64 Å². The summed E-state index contributed by atoms with van der Waals surface area (Å²) in [4.78, 5) is 27.4. The van der Waals surface area contributed by atoms with Gasteiger partial charge in [0, 0.05) is 17.8 Å². The van der Waals surface area contributed by atoms with Gasteiger partial charge in [-0.25, -0.2) is 9.48 Å². The molecule has 6 nitrogen and oxygen atoms in total. The predicted octanol–water partition coefficient (Wildman–Crippen LogP) is 3.25. The van der Waals surface area contributed by atoms with E-state index in [-0.39, 0.29) is 18.2 Å². The van der Waals surface area contributed by atoms with Crippen LogP contribution in [0.25, 0.3) is 5.69 Å². The minimum Gasteiger partial charge on any atom is -0.461 e. The highest BCUT2D eigenvalue weighted by Gasteiger charge is 2.35. The lowest BCUT2D eigenvalue weighted by Gasteiger charge is -2.27. The van der Waals surface area contributed by atoms with E-state index in [1.165, 1.54) is 0 Å². The van der Waals surface area contributed by atoms with Crippen molar-refractivity contribution in [3.8, 4) is 5.69 Å². The standard InChI is InChI=1S/C21H19N3O3/c1-2-27-21(26)18-17-13-14-23(15-9-5-3-6-10-15)20(25)19(17)24(22-18)16-11-7-4-8-12-16/h3-12H,2,13-14H2,1H3. The van der Waals surface area contributed by atoms with Crippen molar-refractivity contribution in [1.29, 1.82) is 0 Å². The molecule has 0 unspecified atom stereocenters. The Morgan fingerprint density at radius 2 is 1.67 bits per heavy atom. The third-order valence-corrected chi connectivity index (χ3v) is 4.55. The summed E-state index contributed by atoms with van der Waals surface area (Å²) < 4.78 is 6.70. The molecule has 1 aliphatic heterocycles. The maximum absolute atomic E-state index is 13.3. The molecule has 0 radical (unpaired) electrons. The second-order valence-electron chi connectivity index (χ2n) is 6.19. The second-order valence-corrected chi connectivity index (χ2v) is 6.19. The van der Waals surface area contributed by atoms with E-state index in [0.29, 0.717) is 24.2 Å². The third-order valence-electron chi connectivity index (χ3n) is 4.55. The predicted molar refractivity (Wildman–Crippen MR) is 101 cm³/mol. The fraction of sp³-hybridized carbons (Fsp3) is 0.190. The van der Waals surface area contributed by atoms with Gasteiger partial charge in [0.05, 0.1) is 12.3 Å². The fourth-order valence-corrected chi connectivity index (χ4v) is 3.33. The van der Waals surface area contributed by atoms with Crippen molar-refractivity contribution < 1.29 is 14.3 Å². The number of anilines is 1. The molecule has 0 saturated carbocycles. The topological polar surface area (TPSA) is 64.4 Å². The molecule has 136 valence electrons. The van der Waals surface area contributed by atoms with Crippen molar-refractivity contribution in [2.24, 2.45) is 0 Å². The molecule has 2 heterocycles. The summed E-state index contributed by atoms with van der Waals surface area (Å²) in [6.07, 6.45) is 0.539. The van der Waals surface area contributed by atoms with E-state index in [4.69, 9.17) is 4.74 Å². The van der Waals surface area contributed by atoms with E-state index in [2.05, 4.69) is 5.10 Å². The van der Waals surface area contributed by atoms with Crippen LogP contribution in [0, 0.1) is 0 Å². The quantitative estimate of drug-likeness (QED) is 0.669. The van der Waals surface area contributed by atoms with E-state index in [1.807, 2.05) is 60.7 Å². The normalized spacial score (nSPS) is 13.4. The highest BCUT2D eigenvalue weighted by atomic mass is 16.5. The molecule has 27 heavy (non-hydrogen) atoms. The monoisotopic (exact) mass is 361 g/mol. The Balaban J connectivity index is 1.85. The lowest BCUT2D eigenvalue weighted by Crippen LogP contribution is -2.39. The van der Waals surface area contributed by atoms with Gasteiger partial charge in [-0.05, 0) is 37.6 Å². The number of hydrogen-bond acceptors (Lipinski definition) is 4. The molecular formula is C21H19N3O3. The maximum Gasteiger partial charge on any atom is 0.359 e. The summed E-state index contributed by atoms with van der Waals surface area (Å²) in [6, 6.07) is 18.9. The molecule has 0 spiro atoms. The van der Waals surface area contributed by atoms with Crippen LogP contribution < -0.4 is 4.90 Å². The molecule has 1 aromatic heterocycles. The van der Waals surface area contributed by atoms with E-state index in [0.717, 1.165) is 11.4 Å². The first-order chi connectivity index (χ1) is 13.2. The molecule has 2 aromatic carbocycles. The molecule has 3 aromatic rings. The van der Waals surface area contributed by atoms with Crippen molar-refractivity contribution >= 4 is 17.6 Å². The van der Waals surface area contributed by atoms with Gasteiger partial charge in [-0.3, -0.25) is 4.79 Å². The molecule has 0 fully saturated rings. The zero-order valence-corrected chi connectivity index (χ0v) is 15.0. The van der Waals surface area contributed by atoms with Crippen LogP contribution >= 0.6 is 0 Å². The fourth-order valence-electron chi connectivity index (χ4n) is 3.33. The van der Waals surface area contributed by atoms with Crippen LogP contribution in [0.15, 0.2) is 60.7 Å². The molecule has 1 amide bonds. The Labute approximate surface area is 157 Å². The average Bonchev–Trinajstić information content (AvgIpc) is 3.10. The number of nitrogens with zero attached hydrogens (tertiary/aromatic N) is 3. The number of fused-ring (bicyclic) bond motifs is 1. The van der Waals surface area contributed by atoms with E-state index in [1.54, 1.807) is 16.5 Å². The van der Waals surface area contributed by atoms with Gasteiger partial charge in [0.25, 0.3) is 5.91 Å². The van der Waals surface area contributed by atoms with Crippen LogP contribution in [0.2, 0.25) is 0 Å². The van der Waals surface area contributed by atoms with Crippen LogP contribution in [0.3, 0.4) is 0 Å². The second kappa shape index (κ2) is 7.07. The number of rotatable bonds is 4. The molecule has 0 atom stereocenters. The first kappa shape index (κ1) is 17.0. The number of esters is 1. The van der Waals surface area contributed by atoms with Crippen LogP contribution in [0.5, 0.6) is 0 Å². The Morgan fingerprint density at radius 3 is 2.30 bits per heavy atom. The van der Waals surface area contributed by atoms with Gasteiger partial charge in [-0.1, -0.05) is 36.4 Å². The Morgan fingerprint density at radius 1 is 1.04 bits per heavy atom. The van der Waals surface area contributed by atoms with Crippen LogP contribution in [-0.4, -0.2) is 34.8 Å². The molecule has 6 heteroatoms. The molecule has 0 aliphatic carbocycles. The molecule has 0 saturated heterocycles. The Bertz CT molecular complexity index is 981. The Hall–Kier alpha value is -3.41. The van der Waals surface area contributed by atoms with Crippen LogP contribution in [0.4, 0.5) is 5.69 Å². The summed E-state index contributed by atoms with van der Waals surface area (Å²) in [5, 5.41) is 4.45. The zero-order valence-electron chi connectivity index (χ0n) is 15.0. The molecule has 4 rings (SSSR count). The molecule has 0 bridgehead atoms. The van der Waals surface area contributed by atoms with Crippen molar-refractivity contribution in [2.45, 2.75) is 13.3 Å². The number of amides is 1. The molecule has 1 aliphatic rings.